The van der Waals surface area contributed by atoms with Crippen LogP contribution < -0.4 is 0 Å². The van der Waals surface area contributed by atoms with Crippen LogP contribution >= 0.6 is 0 Å². The van der Waals surface area contributed by atoms with Gasteiger partial charge in [0.2, 0.25) is 0 Å². The van der Waals surface area contributed by atoms with Crippen molar-refractivity contribution < 1.29 is 19.7 Å². The zero-order chi connectivity index (χ0) is 14.9. The lowest BCUT2D eigenvalue weighted by molar-refractivity contribution is -0.134. The summed E-state index contributed by atoms with van der Waals surface area (Å²) in [4.78, 5) is 9.00. The first-order chi connectivity index (χ1) is 9.00. The van der Waals surface area contributed by atoms with Crippen molar-refractivity contribution in [3.63, 3.8) is 0 Å². The van der Waals surface area contributed by atoms with E-state index in [0.29, 0.717) is 6.61 Å². The van der Waals surface area contributed by atoms with E-state index in [1.807, 2.05) is 0 Å². The fourth-order valence-corrected chi connectivity index (χ4v) is 1.59. The summed E-state index contributed by atoms with van der Waals surface area (Å²) in [6, 6.07) is 0. The molecule has 0 saturated heterocycles. The number of aliphatic carboxylic acids is 1. The van der Waals surface area contributed by atoms with Crippen LogP contribution in [0.3, 0.4) is 0 Å². The van der Waals surface area contributed by atoms with Crippen LogP contribution in [0.25, 0.3) is 0 Å². The zero-order valence-corrected chi connectivity index (χ0v) is 12.9. The van der Waals surface area contributed by atoms with Gasteiger partial charge < -0.3 is 14.9 Å². The number of unbranched alkanes of at least 4 members (excludes halogenated alkanes) is 7. The molecule has 116 valence electrons. The molecular weight excluding hydrogens is 244 g/mol. The van der Waals surface area contributed by atoms with Crippen LogP contribution in [0.2, 0.25) is 0 Å². The van der Waals surface area contributed by atoms with Crippen LogP contribution in [-0.4, -0.2) is 35.5 Å². The molecule has 19 heavy (non-hydrogen) atoms. The van der Waals surface area contributed by atoms with Crippen LogP contribution in [0.4, 0.5) is 0 Å². The Kier molecular flexibility index (Phi) is 18.9. The highest BCUT2D eigenvalue weighted by Crippen LogP contribution is 2.08. The van der Waals surface area contributed by atoms with Crippen LogP contribution in [-0.2, 0) is 9.53 Å². The molecule has 4 heteroatoms. The Balaban J connectivity index is 0. The molecule has 1 atom stereocenters. The van der Waals surface area contributed by atoms with E-state index in [9.17, 15) is 0 Å². The summed E-state index contributed by atoms with van der Waals surface area (Å²) >= 11 is 0. The van der Waals surface area contributed by atoms with Crippen molar-refractivity contribution in [3.05, 3.63) is 0 Å². The Hall–Kier alpha value is -0.610. The first-order valence-corrected chi connectivity index (χ1v) is 7.46. The second-order valence-electron chi connectivity index (χ2n) is 4.92. The van der Waals surface area contributed by atoms with E-state index in [4.69, 9.17) is 19.7 Å². The molecule has 0 aromatic carbocycles. The Bertz CT molecular complexity index is 177. The van der Waals surface area contributed by atoms with Crippen LogP contribution in [0.1, 0.15) is 72.1 Å². The molecule has 0 saturated carbocycles. The highest BCUT2D eigenvalue weighted by Gasteiger charge is 1.95. The summed E-state index contributed by atoms with van der Waals surface area (Å²) < 4.78 is 5.29. The molecule has 0 fully saturated rings. The van der Waals surface area contributed by atoms with Gasteiger partial charge in [-0.15, -0.1) is 0 Å². The van der Waals surface area contributed by atoms with Gasteiger partial charge in [-0.3, -0.25) is 4.79 Å². The van der Waals surface area contributed by atoms with Crippen LogP contribution in [0.5, 0.6) is 0 Å². The number of carboxylic acids is 1. The van der Waals surface area contributed by atoms with E-state index >= 15 is 0 Å². The number of carboxylic acid groups (broad SMARTS) is 1. The maximum atomic E-state index is 9.00. The van der Waals surface area contributed by atoms with Crippen molar-refractivity contribution in [1.82, 2.24) is 0 Å². The number of aliphatic hydroxyl groups is 1. The summed E-state index contributed by atoms with van der Waals surface area (Å²) in [6.07, 6.45) is 10.3. The number of carbonyl (C=O) groups is 1. The van der Waals surface area contributed by atoms with Gasteiger partial charge in [0.05, 0.1) is 12.7 Å². The van der Waals surface area contributed by atoms with Crippen molar-refractivity contribution in [2.75, 3.05) is 13.2 Å². The normalized spacial score (nSPS) is 11.6. The lowest BCUT2D eigenvalue weighted by atomic mass is 10.1. The van der Waals surface area contributed by atoms with Crippen molar-refractivity contribution in [3.8, 4) is 0 Å². The van der Waals surface area contributed by atoms with Gasteiger partial charge >= 0.3 is 0 Å². The maximum Gasteiger partial charge on any atom is 0.300 e. The van der Waals surface area contributed by atoms with Gasteiger partial charge in [0.15, 0.2) is 0 Å². The average Bonchev–Trinajstić information content (AvgIpc) is 2.30. The molecule has 0 aromatic heterocycles. The van der Waals surface area contributed by atoms with Gasteiger partial charge in [-0.05, 0) is 13.3 Å². The number of aliphatic hydroxyl groups excluding tert-OH is 1. The van der Waals surface area contributed by atoms with Gasteiger partial charge in [-0.25, -0.2) is 0 Å². The SMILES string of the molecule is CC(=O)O.CCCCCCCCCCOCC(C)O. The molecule has 0 rings (SSSR count). The first-order valence-electron chi connectivity index (χ1n) is 7.46. The van der Waals surface area contributed by atoms with E-state index in [-0.39, 0.29) is 6.10 Å². The van der Waals surface area contributed by atoms with Gasteiger partial charge in [-0.2, -0.15) is 0 Å². The molecule has 0 aromatic rings. The molecule has 0 radical (unpaired) electrons. The Morgan fingerprint density at radius 2 is 1.47 bits per heavy atom. The standard InChI is InChI=1S/C13H28O2.C2H4O2/c1-3-4-5-6-7-8-9-10-11-15-12-13(2)14;1-2(3)4/h13-14H,3-12H2,1-2H3;1H3,(H,3,4). The predicted octanol–water partition coefficient (Wildman–Crippen LogP) is 3.62. The molecule has 0 bridgehead atoms. The van der Waals surface area contributed by atoms with Gasteiger partial charge in [0.25, 0.3) is 5.97 Å². The third-order valence-corrected chi connectivity index (χ3v) is 2.50. The highest BCUT2D eigenvalue weighted by molar-refractivity contribution is 5.62. The fraction of sp³-hybridized carbons (Fsp3) is 0.933. The second kappa shape index (κ2) is 17.4. The quantitative estimate of drug-likeness (QED) is 0.566. The smallest absolute Gasteiger partial charge is 0.300 e. The molecule has 0 amide bonds. The minimum atomic E-state index is -0.833. The largest absolute Gasteiger partial charge is 0.481 e. The molecule has 0 heterocycles. The topological polar surface area (TPSA) is 66.8 Å². The molecule has 0 aliphatic carbocycles. The number of hydrogen-bond donors (Lipinski definition) is 2. The van der Waals surface area contributed by atoms with Crippen LogP contribution in [0.15, 0.2) is 0 Å². The molecule has 0 aliphatic heterocycles. The maximum absolute atomic E-state index is 9.00. The molecule has 2 N–H and O–H groups in total. The fourth-order valence-electron chi connectivity index (χ4n) is 1.59. The minimum absolute atomic E-state index is 0.320. The van der Waals surface area contributed by atoms with Gasteiger partial charge in [0.1, 0.15) is 0 Å². The highest BCUT2D eigenvalue weighted by atomic mass is 16.5. The minimum Gasteiger partial charge on any atom is -0.481 e. The van der Waals surface area contributed by atoms with Crippen molar-refractivity contribution in [1.29, 1.82) is 0 Å². The third kappa shape index (κ3) is 31.7. The van der Waals surface area contributed by atoms with Crippen molar-refractivity contribution in [2.24, 2.45) is 0 Å². The molecule has 0 spiro atoms. The monoisotopic (exact) mass is 276 g/mol. The summed E-state index contributed by atoms with van der Waals surface area (Å²) in [5.41, 5.74) is 0. The van der Waals surface area contributed by atoms with Crippen molar-refractivity contribution in [2.45, 2.75) is 78.2 Å². The van der Waals surface area contributed by atoms with E-state index in [2.05, 4.69) is 6.92 Å². The number of rotatable bonds is 11. The first kappa shape index (κ1) is 20.7. The Morgan fingerprint density at radius 3 is 1.89 bits per heavy atom. The summed E-state index contributed by atoms with van der Waals surface area (Å²) in [5, 5.41) is 16.4. The lowest BCUT2D eigenvalue weighted by Gasteiger charge is -2.05. The number of ether oxygens (including phenoxy) is 1. The summed E-state index contributed by atoms with van der Waals surface area (Å²) in [7, 11) is 0. The van der Waals surface area contributed by atoms with Gasteiger partial charge in [0, 0.05) is 13.5 Å². The van der Waals surface area contributed by atoms with Gasteiger partial charge in [-0.1, -0.05) is 51.9 Å². The Morgan fingerprint density at radius 1 is 1.05 bits per heavy atom. The molecule has 4 nitrogen and oxygen atoms in total. The predicted molar refractivity (Wildman–Crippen MR) is 78.4 cm³/mol. The molecule has 1 unspecified atom stereocenters. The average molecular weight is 276 g/mol. The molecule has 0 aliphatic rings. The zero-order valence-electron chi connectivity index (χ0n) is 12.9. The van der Waals surface area contributed by atoms with E-state index < -0.39 is 5.97 Å². The van der Waals surface area contributed by atoms with Crippen molar-refractivity contribution >= 4 is 5.97 Å². The summed E-state index contributed by atoms with van der Waals surface area (Å²) in [6.45, 7) is 6.38. The van der Waals surface area contributed by atoms with E-state index in [1.54, 1.807) is 6.92 Å². The number of hydrogen-bond acceptors (Lipinski definition) is 3. The third-order valence-electron chi connectivity index (χ3n) is 2.50. The summed E-state index contributed by atoms with van der Waals surface area (Å²) in [5.74, 6) is -0.833. The van der Waals surface area contributed by atoms with Crippen LogP contribution in [0, 0.1) is 0 Å². The second-order valence-corrected chi connectivity index (χ2v) is 4.92. The Labute approximate surface area is 118 Å². The molecular formula is C15H32O4. The van der Waals surface area contributed by atoms with E-state index in [0.717, 1.165) is 20.0 Å². The van der Waals surface area contributed by atoms with E-state index in [1.165, 1.54) is 44.9 Å². The lowest BCUT2D eigenvalue weighted by Crippen LogP contribution is -2.10.